The summed E-state index contributed by atoms with van der Waals surface area (Å²) < 4.78 is 82.6. The fraction of sp³-hybridized carbons (Fsp3) is 0.175. The second kappa shape index (κ2) is 20.7. The molecule has 0 spiro atoms. The number of hydrogen-bond donors (Lipinski definition) is 4. The number of aromatic nitrogens is 14. The molecule has 0 aliphatic rings. The lowest BCUT2D eigenvalue weighted by Crippen LogP contribution is -2.50. The summed E-state index contributed by atoms with van der Waals surface area (Å²) >= 11 is 23.9. The Morgan fingerprint density at radius 2 is 0.986 bits per heavy atom. The molecule has 8 aromatic rings. The molecule has 6 N–H and O–H groups in total. The smallest absolute Gasteiger partial charge is 0.363 e. The van der Waals surface area contributed by atoms with Crippen molar-refractivity contribution in [3.8, 4) is 34.4 Å². The monoisotopic (exact) mass is 1100 g/mol. The second-order valence-electron chi connectivity index (χ2n) is 14.8. The van der Waals surface area contributed by atoms with Crippen molar-refractivity contribution in [1.82, 2.24) is 68.2 Å². The number of rotatable bonds is 14. The van der Waals surface area contributed by atoms with E-state index in [1.807, 2.05) is 0 Å². The number of carbonyl (C=O) groups is 3. The van der Waals surface area contributed by atoms with Crippen LogP contribution < -0.4 is 22.8 Å². The van der Waals surface area contributed by atoms with Crippen molar-refractivity contribution in [3.05, 3.63) is 150 Å². The van der Waals surface area contributed by atoms with Gasteiger partial charge >= 0.3 is 23.7 Å². The highest BCUT2D eigenvalue weighted by atomic mass is 35.5. The minimum Gasteiger partial charge on any atom is -0.363 e. The van der Waals surface area contributed by atoms with E-state index in [4.69, 9.17) is 57.9 Å². The number of nitrogens with two attached hydrogens (primary N) is 2. The number of aliphatic hydroxyl groups is 2. The summed E-state index contributed by atoms with van der Waals surface area (Å²) in [7, 11) is 0. The number of benzene rings is 2. The number of Topliss-reactive ketones (excluding diaryl/α,β-unsaturated/α-hetero) is 1. The Labute approximate surface area is 421 Å². The summed E-state index contributed by atoms with van der Waals surface area (Å²) in [4.78, 5) is 77.5. The zero-order valence-electron chi connectivity index (χ0n) is 36.0. The quantitative estimate of drug-likeness (QED) is 0.0892. The van der Waals surface area contributed by atoms with Crippen LogP contribution in [0.15, 0.2) is 94.8 Å². The van der Waals surface area contributed by atoms with E-state index >= 15 is 0 Å². The molecule has 33 heteroatoms. The first-order chi connectivity index (χ1) is 34.2. The first-order valence-corrected chi connectivity index (χ1v) is 21.5. The molecular formula is C40H28Cl4F6N16O7. The molecule has 8 rings (SSSR count). The zero-order chi connectivity index (χ0) is 53.3. The van der Waals surface area contributed by atoms with E-state index in [0.717, 1.165) is 14.0 Å². The molecule has 0 aliphatic heterocycles. The van der Waals surface area contributed by atoms with Gasteiger partial charge in [-0.3, -0.25) is 23.5 Å². The Morgan fingerprint density at radius 1 is 0.589 bits per heavy atom. The summed E-state index contributed by atoms with van der Waals surface area (Å²) in [6, 6.07) is 17.3. The molecule has 0 radical (unpaired) electrons. The molecule has 23 nitrogen and oxygen atoms in total. The molecule has 0 saturated carbocycles. The van der Waals surface area contributed by atoms with Gasteiger partial charge in [-0.1, -0.05) is 46.4 Å². The maximum absolute atomic E-state index is 13.2. The molecule has 2 aromatic carbocycles. The van der Waals surface area contributed by atoms with Gasteiger partial charge < -0.3 is 21.7 Å². The number of amides is 2. The zero-order valence-corrected chi connectivity index (χ0v) is 39.1. The Hall–Kier alpha value is -7.83. The largest absolute Gasteiger partial charge is 0.451 e. The van der Waals surface area contributed by atoms with Gasteiger partial charge in [0.2, 0.25) is 11.6 Å². The number of hydrogen-bond acceptors (Lipinski definition) is 15. The van der Waals surface area contributed by atoms with Crippen LogP contribution in [0.2, 0.25) is 20.1 Å². The molecule has 0 atom stereocenters. The van der Waals surface area contributed by atoms with Crippen molar-refractivity contribution in [1.29, 1.82) is 0 Å². The van der Waals surface area contributed by atoms with Crippen LogP contribution in [-0.2, 0) is 31.0 Å². The molecule has 0 fully saturated rings. The number of carbonyl (C=O) groups excluding carboxylic acids is 3. The lowest BCUT2D eigenvalue weighted by atomic mass is 10.2. The van der Waals surface area contributed by atoms with Crippen LogP contribution in [0.25, 0.3) is 34.4 Å². The van der Waals surface area contributed by atoms with Gasteiger partial charge in [-0.05, 0) is 72.8 Å². The molecule has 0 aliphatic carbocycles. The van der Waals surface area contributed by atoms with Crippen LogP contribution in [0.5, 0.6) is 0 Å². The fourth-order valence-electron chi connectivity index (χ4n) is 6.33. The topological polar surface area (TPSA) is 311 Å². The number of halogens is 10. The van der Waals surface area contributed by atoms with E-state index in [-0.39, 0.29) is 67.8 Å². The number of nitrogens with zero attached hydrogens (tertiary/aromatic N) is 14. The van der Waals surface area contributed by atoms with Crippen LogP contribution in [0.4, 0.5) is 26.3 Å². The standard InChI is InChI=1S/C20H15Cl2F3N8O4.C20H13Cl2F3N8O3/c21-11-5-3-10(4-6-11)15-30-32(18(35)31(15)9-19(36,37)20(23,24)25)8-13-28-17(14(26)34)33(29-13)16-12(22)2-1-7-27-16;21-11-5-3-10(4-6-11)16-30-32(19(36)31(16)8-13(34)20(23,24)25)9-14-28-18(15(26)35)33(29-14)17-12(22)2-1-7-27-17/h1-7,36-37H,8-9H2,(H2,26,34);1-7H,8-9H2,(H2,26,35). The molecule has 2 amide bonds. The predicted molar refractivity (Wildman–Crippen MR) is 242 cm³/mol. The molecule has 6 aromatic heterocycles. The summed E-state index contributed by atoms with van der Waals surface area (Å²) in [6.07, 6.45) is -7.90. The van der Waals surface area contributed by atoms with E-state index < -0.39 is 73.3 Å². The van der Waals surface area contributed by atoms with Gasteiger partial charge in [-0.2, -0.15) is 35.7 Å². The third-order valence-corrected chi connectivity index (χ3v) is 10.8. The number of alkyl halides is 6. The third-order valence-electron chi connectivity index (χ3n) is 9.71. The highest BCUT2D eigenvalue weighted by Gasteiger charge is 2.54. The average Bonchev–Trinajstić information content (AvgIpc) is 4.09. The van der Waals surface area contributed by atoms with Gasteiger partial charge in [-0.15, -0.1) is 20.4 Å². The van der Waals surface area contributed by atoms with Gasteiger partial charge in [0.1, 0.15) is 13.1 Å². The van der Waals surface area contributed by atoms with Crippen LogP contribution in [0, 0.1) is 0 Å². The predicted octanol–water partition coefficient (Wildman–Crippen LogP) is 3.66. The van der Waals surface area contributed by atoms with Crippen molar-refractivity contribution < 1.29 is 50.9 Å². The Balaban J connectivity index is 0.000000214. The van der Waals surface area contributed by atoms with E-state index in [1.165, 1.54) is 79.1 Å². The summed E-state index contributed by atoms with van der Waals surface area (Å²) in [5.41, 5.74) is 8.91. The minimum atomic E-state index is -5.48. The minimum absolute atomic E-state index is 0.00645. The van der Waals surface area contributed by atoms with Gasteiger partial charge in [0, 0.05) is 33.6 Å². The summed E-state index contributed by atoms with van der Waals surface area (Å²) in [5.74, 6) is -10.00. The fourth-order valence-corrected chi connectivity index (χ4v) is 6.99. The molecule has 0 unspecified atom stereocenters. The van der Waals surface area contributed by atoms with E-state index in [2.05, 4.69) is 40.3 Å². The molecule has 0 saturated heterocycles. The van der Waals surface area contributed by atoms with Crippen molar-refractivity contribution in [3.63, 3.8) is 0 Å². The second-order valence-corrected chi connectivity index (χ2v) is 16.5. The Morgan fingerprint density at radius 3 is 1.36 bits per heavy atom. The third kappa shape index (κ3) is 11.6. The first kappa shape index (κ1) is 53.0. The highest BCUT2D eigenvalue weighted by molar-refractivity contribution is 6.32. The lowest BCUT2D eigenvalue weighted by Gasteiger charge is -2.24. The van der Waals surface area contributed by atoms with E-state index in [1.54, 1.807) is 6.07 Å². The SMILES string of the molecule is NC(=O)c1nc(Cn2nc(-c3ccc(Cl)cc3)n(CC(=O)C(F)(F)F)c2=O)nn1-c1ncccc1Cl.NC(=O)c1nc(Cn2nc(-c3ccc(Cl)cc3)n(CC(O)(O)C(F)(F)F)c2=O)nn1-c1ncccc1Cl. The number of pyridine rings is 2. The number of primary amides is 2. The van der Waals surface area contributed by atoms with Gasteiger partial charge in [0.05, 0.1) is 23.1 Å². The average molecular weight is 1100 g/mol. The normalized spacial score (nSPS) is 11.9. The molecule has 0 bridgehead atoms. The van der Waals surface area contributed by atoms with Crippen molar-refractivity contribution >= 4 is 64.0 Å². The lowest BCUT2D eigenvalue weighted by molar-refractivity contribution is -0.353. The Bertz CT molecular complexity index is 3520. The van der Waals surface area contributed by atoms with Crippen molar-refractivity contribution in [2.75, 3.05) is 0 Å². The van der Waals surface area contributed by atoms with Crippen molar-refractivity contribution in [2.45, 2.75) is 44.3 Å². The van der Waals surface area contributed by atoms with E-state index in [9.17, 15) is 60.5 Å². The highest BCUT2D eigenvalue weighted by Crippen LogP contribution is 2.31. The van der Waals surface area contributed by atoms with E-state index in [0.29, 0.717) is 23.9 Å². The first-order valence-electron chi connectivity index (χ1n) is 20.0. The van der Waals surface area contributed by atoms with Gasteiger partial charge in [0.15, 0.2) is 34.9 Å². The summed E-state index contributed by atoms with van der Waals surface area (Å²) in [6.45, 7) is -3.92. The maximum Gasteiger partial charge on any atom is 0.451 e. The molecule has 380 valence electrons. The number of ketones is 1. The van der Waals surface area contributed by atoms with Gasteiger partial charge in [-0.25, -0.2) is 38.9 Å². The van der Waals surface area contributed by atoms with Crippen LogP contribution in [0.1, 0.15) is 32.9 Å². The van der Waals surface area contributed by atoms with Crippen molar-refractivity contribution in [2.24, 2.45) is 11.5 Å². The van der Waals surface area contributed by atoms with Crippen LogP contribution in [-0.4, -0.2) is 114 Å². The maximum atomic E-state index is 13.2. The summed E-state index contributed by atoms with van der Waals surface area (Å²) in [5, 5.41) is 36.4. The molecular weight excluding hydrogens is 1070 g/mol. The molecule has 6 heterocycles. The Kier molecular flexibility index (Phi) is 15.0. The van der Waals surface area contributed by atoms with Gasteiger partial charge in [0.25, 0.3) is 23.4 Å². The van der Waals surface area contributed by atoms with Crippen LogP contribution >= 0.6 is 46.4 Å². The van der Waals surface area contributed by atoms with Crippen LogP contribution in [0.3, 0.4) is 0 Å². The molecule has 73 heavy (non-hydrogen) atoms.